The third-order valence-corrected chi connectivity index (χ3v) is 4.45. The predicted octanol–water partition coefficient (Wildman–Crippen LogP) is 3.86. The van der Waals surface area contributed by atoms with Crippen LogP contribution in [0, 0.1) is 6.92 Å². The Labute approximate surface area is 139 Å². The van der Waals surface area contributed by atoms with E-state index in [-0.39, 0.29) is 5.91 Å². The Morgan fingerprint density at radius 3 is 2.48 bits per heavy atom. The highest BCUT2D eigenvalue weighted by molar-refractivity contribution is 8.15. The number of anilines is 1. The third-order valence-electron chi connectivity index (χ3n) is 3.53. The average molecular weight is 323 g/mol. The Balaban J connectivity index is 1.87. The molecular formula is C18H17N3OS. The fraction of sp³-hybridized carbons (Fsp3) is 0.167. The second-order valence-electron chi connectivity index (χ2n) is 5.29. The van der Waals surface area contributed by atoms with Gasteiger partial charge in [0, 0.05) is 0 Å². The Morgan fingerprint density at radius 1 is 1.09 bits per heavy atom. The van der Waals surface area contributed by atoms with Gasteiger partial charge in [-0.2, -0.15) is 5.10 Å². The maximum absolute atomic E-state index is 12.1. The number of benzene rings is 2. The van der Waals surface area contributed by atoms with Gasteiger partial charge in [-0.05, 0) is 31.5 Å². The molecule has 1 amide bonds. The van der Waals surface area contributed by atoms with Crippen molar-refractivity contribution in [3.63, 3.8) is 0 Å². The summed E-state index contributed by atoms with van der Waals surface area (Å²) in [6.07, 6.45) is 0. The van der Waals surface area contributed by atoms with Gasteiger partial charge in [-0.25, -0.2) is 0 Å². The van der Waals surface area contributed by atoms with Crippen LogP contribution in [0.5, 0.6) is 0 Å². The molecule has 0 radical (unpaired) electrons. The van der Waals surface area contributed by atoms with Crippen LogP contribution in [0.1, 0.15) is 18.1 Å². The van der Waals surface area contributed by atoms with Crippen molar-refractivity contribution >= 4 is 34.2 Å². The quantitative estimate of drug-likeness (QED) is 0.636. The van der Waals surface area contributed by atoms with Gasteiger partial charge in [-0.1, -0.05) is 59.8 Å². The van der Waals surface area contributed by atoms with Crippen LogP contribution in [0.25, 0.3) is 0 Å². The number of para-hydroxylation sites is 1. The number of hydrogen-bond acceptors (Lipinski definition) is 4. The highest BCUT2D eigenvalue weighted by Gasteiger charge is 2.29. The Bertz CT molecular complexity index is 767. The number of rotatable bonds is 3. The topological polar surface area (TPSA) is 45.0 Å². The van der Waals surface area contributed by atoms with E-state index in [1.54, 1.807) is 4.90 Å². The number of amides is 1. The largest absolute Gasteiger partial charge is 0.273 e. The summed E-state index contributed by atoms with van der Waals surface area (Å²) in [6, 6.07) is 17.7. The Kier molecular flexibility index (Phi) is 4.57. The standard InChI is InChI=1S/C18H17N3OS/c1-13-8-10-15(11-9-13)14(2)19-20-18-21(17(22)12-23-18)16-6-4-3-5-7-16/h3-11H,12H2,1-2H3. The summed E-state index contributed by atoms with van der Waals surface area (Å²) in [4.78, 5) is 13.7. The number of carbonyl (C=O) groups is 1. The Morgan fingerprint density at radius 2 is 1.78 bits per heavy atom. The zero-order valence-electron chi connectivity index (χ0n) is 13.1. The van der Waals surface area contributed by atoms with Crippen LogP contribution in [-0.2, 0) is 4.79 Å². The third kappa shape index (κ3) is 3.51. The molecule has 1 aliphatic rings. The van der Waals surface area contributed by atoms with E-state index in [1.807, 2.05) is 61.5 Å². The molecule has 0 unspecified atom stereocenters. The van der Waals surface area contributed by atoms with Crippen molar-refractivity contribution in [1.82, 2.24) is 0 Å². The van der Waals surface area contributed by atoms with Crippen LogP contribution in [0.15, 0.2) is 64.8 Å². The van der Waals surface area contributed by atoms with Crippen molar-refractivity contribution in [2.45, 2.75) is 13.8 Å². The van der Waals surface area contributed by atoms with Crippen molar-refractivity contribution in [2.75, 3.05) is 10.7 Å². The lowest BCUT2D eigenvalue weighted by Crippen LogP contribution is -2.28. The van der Waals surface area contributed by atoms with E-state index in [1.165, 1.54) is 17.3 Å². The molecule has 0 atom stereocenters. The molecule has 0 aromatic heterocycles. The van der Waals surface area contributed by atoms with Crippen LogP contribution < -0.4 is 4.90 Å². The van der Waals surface area contributed by atoms with Gasteiger partial charge in [-0.3, -0.25) is 9.69 Å². The van der Waals surface area contributed by atoms with E-state index < -0.39 is 0 Å². The van der Waals surface area contributed by atoms with E-state index in [9.17, 15) is 4.79 Å². The smallest absolute Gasteiger partial charge is 0.243 e. The molecular weight excluding hydrogens is 306 g/mol. The number of aryl methyl sites for hydroxylation is 1. The van der Waals surface area contributed by atoms with Crippen LogP contribution in [0.4, 0.5) is 5.69 Å². The van der Waals surface area contributed by atoms with E-state index in [2.05, 4.69) is 17.1 Å². The molecule has 3 rings (SSSR count). The summed E-state index contributed by atoms with van der Waals surface area (Å²) in [7, 11) is 0. The molecule has 0 saturated carbocycles. The molecule has 23 heavy (non-hydrogen) atoms. The van der Waals surface area contributed by atoms with Gasteiger partial charge in [-0.15, -0.1) is 5.10 Å². The highest BCUT2D eigenvalue weighted by Crippen LogP contribution is 2.26. The van der Waals surface area contributed by atoms with Gasteiger partial charge in [0.05, 0.1) is 17.2 Å². The van der Waals surface area contributed by atoms with Gasteiger partial charge < -0.3 is 0 Å². The Hall–Kier alpha value is -2.40. The minimum atomic E-state index is 0.0307. The summed E-state index contributed by atoms with van der Waals surface area (Å²) in [5.74, 6) is 0.426. The number of thioether (sulfide) groups is 1. The molecule has 1 aliphatic heterocycles. The first-order chi connectivity index (χ1) is 11.1. The van der Waals surface area contributed by atoms with E-state index in [0.29, 0.717) is 10.9 Å². The monoisotopic (exact) mass is 323 g/mol. The molecule has 0 bridgehead atoms. The lowest BCUT2D eigenvalue weighted by molar-refractivity contribution is -0.115. The minimum Gasteiger partial charge on any atom is -0.273 e. The molecule has 1 fully saturated rings. The maximum atomic E-state index is 12.1. The van der Waals surface area contributed by atoms with Gasteiger partial charge >= 0.3 is 0 Å². The molecule has 0 N–H and O–H groups in total. The normalized spacial score (nSPS) is 17.1. The molecule has 0 aliphatic carbocycles. The van der Waals surface area contributed by atoms with Crippen molar-refractivity contribution in [2.24, 2.45) is 10.2 Å². The second-order valence-corrected chi connectivity index (χ2v) is 6.23. The van der Waals surface area contributed by atoms with Gasteiger partial charge in [0.2, 0.25) is 5.91 Å². The summed E-state index contributed by atoms with van der Waals surface area (Å²) in [5.41, 5.74) is 3.88. The van der Waals surface area contributed by atoms with Crippen molar-refractivity contribution in [3.05, 3.63) is 65.7 Å². The molecule has 4 nitrogen and oxygen atoms in total. The van der Waals surface area contributed by atoms with Crippen molar-refractivity contribution < 1.29 is 4.79 Å². The van der Waals surface area contributed by atoms with Crippen LogP contribution in [0.3, 0.4) is 0 Å². The van der Waals surface area contributed by atoms with E-state index in [4.69, 9.17) is 0 Å². The SMILES string of the molecule is CC(=NN=C1SCC(=O)N1c1ccccc1)c1ccc(C)cc1. The first-order valence-electron chi connectivity index (χ1n) is 7.35. The number of carbonyl (C=O) groups excluding carboxylic acids is 1. The molecule has 2 aromatic carbocycles. The van der Waals surface area contributed by atoms with Gasteiger partial charge in [0.15, 0.2) is 5.17 Å². The lowest BCUT2D eigenvalue weighted by Gasteiger charge is -2.14. The first-order valence-corrected chi connectivity index (χ1v) is 8.34. The summed E-state index contributed by atoms with van der Waals surface area (Å²) in [5, 5.41) is 9.23. The van der Waals surface area contributed by atoms with Crippen LogP contribution in [0.2, 0.25) is 0 Å². The van der Waals surface area contributed by atoms with Gasteiger partial charge in [0.25, 0.3) is 0 Å². The van der Waals surface area contributed by atoms with E-state index >= 15 is 0 Å². The summed E-state index contributed by atoms with van der Waals surface area (Å²) < 4.78 is 0. The molecule has 2 aromatic rings. The molecule has 5 heteroatoms. The van der Waals surface area contributed by atoms with Crippen molar-refractivity contribution in [3.8, 4) is 0 Å². The van der Waals surface area contributed by atoms with Crippen molar-refractivity contribution in [1.29, 1.82) is 0 Å². The molecule has 0 spiro atoms. The van der Waals surface area contributed by atoms with Gasteiger partial charge in [0.1, 0.15) is 0 Å². The number of amidine groups is 1. The zero-order chi connectivity index (χ0) is 16.2. The average Bonchev–Trinajstić information content (AvgIpc) is 2.95. The summed E-state index contributed by atoms with van der Waals surface area (Å²) >= 11 is 1.41. The fourth-order valence-electron chi connectivity index (χ4n) is 2.24. The maximum Gasteiger partial charge on any atom is 0.243 e. The predicted molar refractivity (Wildman–Crippen MR) is 97.2 cm³/mol. The number of nitrogens with zero attached hydrogens (tertiary/aromatic N) is 3. The van der Waals surface area contributed by atoms with Crippen LogP contribution >= 0.6 is 11.8 Å². The fourth-order valence-corrected chi connectivity index (χ4v) is 3.05. The number of hydrogen-bond donors (Lipinski definition) is 0. The minimum absolute atomic E-state index is 0.0307. The molecule has 1 heterocycles. The lowest BCUT2D eigenvalue weighted by atomic mass is 10.1. The van der Waals surface area contributed by atoms with E-state index in [0.717, 1.165) is 17.0 Å². The van der Waals surface area contributed by atoms with Crippen LogP contribution in [-0.4, -0.2) is 22.5 Å². The first kappa shape index (κ1) is 15.5. The molecule has 116 valence electrons. The highest BCUT2D eigenvalue weighted by atomic mass is 32.2. The zero-order valence-corrected chi connectivity index (χ0v) is 13.9. The summed E-state index contributed by atoms with van der Waals surface area (Å²) in [6.45, 7) is 3.97. The molecule has 1 saturated heterocycles. The second kappa shape index (κ2) is 6.79.